The van der Waals surface area contributed by atoms with Crippen LogP contribution in [0.4, 0.5) is 0 Å². The van der Waals surface area contributed by atoms with Gasteiger partial charge in [-0.15, -0.1) is 0 Å². The molecule has 1 heterocycles. The Morgan fingerprint density at radius 2 is 2.09 bits per heavy atom. The molecule has 0 spiro atoms. The van der Waals surface area contributed by atoms with Crippen molar-refractivity contribution >= 4 is 0 Å². The molecule has 64 valence electrons. The highest BCUT2D eigenvalue weighted by Crippen LogP contribution is 2.07. The molecule has 0 saturated heterocycles. The van der Waals surface area contributed by atoms with E-state index in [1.165, 1.54) is 6.42 Å². The molecule has 0 aliphatic carbocycles. The molecule has 0 atom stereocenters. The Balaban J connectivity index is 2.31. The topological polar surface area (TPSA) is 9.72 Å². The molecule has 0 aromatic heterocycles. The Kier molecular flexibility index (Phi) is 2.76. The van der Waals surface area contributed by atoms with E-state index in [2.05, 4.69) is 48.3 Å². The lowest BCUT2D eigenvalue weighted by Gasteiger charge is -2.26. The molecule has 1 aliphatic heterocycles. The van der Waals surface area contributed by atoms with Gasteiger partial charge >= 0.3 is 0 Å². The number of hydrogen-bond acceptors (Lipinski definition) is 3. The lowest BCUT2D eigenvalue weighted by molar-refractivity contribution is 0.0587. The van der Waals surface area contributed by atoms with E-state index in [1.807, 2.05) is 0 Å². The summed E-state index contributed by atoms with van der Waals surface area (Å²) in [5.41, 5.74) is 0. The van der Waals surface area contributed by atoms with Gasteiger partial charge in [0.15, 0.2) is 0 Å². The van der Waals surface area contributed by atoms with Crippen LogP contribution in [0.25, 0.3) is 0 Å². The zero-order valence-electron chi connectivity index (χ0n) is 7.62. The molecule has 3 heteroatoms. The molecule has 0 aromatic rings. The van der Waals surface area contributed by atoms with Crippen molar-refractivity contribution in [3.8, 4) is 0 Å². The Bertz CT molecular complexity index is 142. The van der Waals surface area contributed by atoms with Crippen LogP contribution in [0.1, 0.15) is 13.3 Å². The lowest BCUT2D eigenvalue weighted by Crippen LogP contribution is -2.35. The number of hydrogen-bond donors (Lipinski definition) is 0. The van der Waals surface area contributed by atoms with Crippen LogP contribution < -0.4 is 0 Å². The van der Waals surface area contributed by atoms with E-state index < -0.39 is 0 Å². The smallest absolute Gasteiger partial charge is 0.104 e. The monoisotopic (exact) mass is 155 g/mol. The van der Waals surface area contributed by atoms with E-state index in [0.717, 1.165) is 13.2 Å². The van der Waals surface area contributed by atoms with E-state index in [1.54, 1.807) is 0 Å². The molecule has 0 saturated carbocycles. The van der Waals surface area contributed by atoms with Crippen LogP contribution in [0.15, 0.2) is 12.4 Å². The van der Waals surface area contributed by atoms with Crippen molar-refractivity contribution in [1.82, 2.24) is 14.9 Å². The van der Waals surface area contributed by atoms with E-state index in [4.69, 9.17) is 0 Å². The van der Waals surface area contributed by atoms with Gasteiger partial charge in [0.1, 0.15) is 6.67 Å². The van der Waals surface area contributed by atoms with Crippen LogP contribution in [-0.2, 0) is 0 Å². The first kappa shape index (κ1) is 8.40. The fourth-order valence-electron chi connectivity index (χ4n) is 1.14. The predicted molar refractivity (Wildman–Crippen MR) is 46.5 cm³/mol. The van der Waals surface area contributed by atoms with E-state index in [0.29, 0.717) is 0 Å². The van der Waals surface area contributed by atoms with Gasteiger partial charge < -0.3 is 4.90 Å². The summed E-state index contributed by atoms with van der Waals surface area (Å²) >= 11 is 0. The molecular formula is C8H17N3. The molecule has 0 radical (unpaired) electrons. The van der Waals surface area contributed by atoms with Crippen LogP contribution in [0, 0.1) is 0 Å². The normalized spacial score (nSPS) is 17.1. The minimum atomic E-state index is 1.00. The Hall–Kier alpha value is -0.700. The summed E-state index contributed by atoms with van der Waals surface area (Å²) < 4.78 is 0. The summed E-state index contributed by atoms with van der Waals surface area (Å²) in [5.74, 6) is 0. The number of rotatable bonds is 3. The molecule has 11 heavy (non-hydrogen) atoms. The van der Waals surface area contributed by atoms with Gasteiger partial charge in [0.25, 0.3) is 0 Å². The Morgan fingerprint density at radius 1 is 1.36 bits per heavy atom. The van der Waals surface area contributed by atoms with Crippen LogP contribution in [-0.4, -0.2) is 42.2 Å². The molecule has 1 rings (SSSR count). The zero-order chi connectivity index (χ0) is 8.27. The predicted octanol–water partition coefficient (Wildman–Crippen LogP) is 0.919. The zero-order valence-corrected chi connectivity index (χ0v) is 7.62. The van der Waals surface area contributed by atoms with Crippen molar-refractivity contribution in [2.75, 3.05) is 27.3 Å². The van der Waals surface area contributed by atoms with Crippen LogP contribution >= 0.6 is 0 Å². The second kappa shape index (κ2) is 3.62. The van der Waals surface area contributed by atoms with Crippen molar-refractivity contribution in [3.05, 3.63) is 12.4 Å². The van der Waals surface area contributed by atoms with Crippen molar-refractivity contribution in [2.24, 2.45) is 0 Å². The van der Waals surface area contributed by atoms with Crippen LogP contribution in [0.3, 0.4) is 0 Å². The Labute approximate surface area is 68.8 Å². The number of hydrazine groups is 1. The van der Waals surface area contributed by atoms with Gasteiger partial charge in [0.2, 0.25) is 0 Å². The summed E-state index contributed by atoms with van der Waals surface area (Å²) in [7, 11) is 4.11. The van der Waals surface area contributed by atoms with Gasteiger partial charge in [-0.05, 0) is 6.42 Å². The van der Waals surface area contributed by atoms with Crippen molar-refractivity contribution in [3.63, 3.8) is 0 Å². The third-order valence-electron chi connectivity index (χ3n) is 1.80. The van der Waals surface area contributed by atoms with Gasteiger partial charge in [-0.3, -0.25) is 5.01 Å². The summed E-state index contributed by atoms with van der Waals surface area (Å²) in [5, 5.41) is 4.27. The average molecular weight is 155 g/mol. The molecule has 0 unspecified atom stereocenters. The quantitative estimate of drug-likeness (QED) is 0.600. The number of nitrogens with zero attached hydrogens (tertiary/aromatic N) is 3. The van der Waals surface area contributed by atoms with Gasteiger partial charge in [-0.1, -0.05) is 6.92 Å². The third-order valence-corrected chi connectivity index (χ3v) is 1.80. The molecule has 0 aromatic carbocycles. The average Bonchev–Trinajstić information content (AvgIpc) is 2.37. The third kappa shape index (κ3) is 2.12. The summed E-state index contributed by atoms with van der Waals surface area (Å²) in [6.45, 7) is 4.36. The molecule has 1 aliphatic rings. The molecule has 0 bridgehead atoms. The van der Waals surface area contributed by atoms with Gasteiger partial charge in [-0.25, -0.2) is 5.01 Å². The van der Waals surface area contributed by atoms with Crippen molar-refractivity contribution in [2.45, 2.75) is 13.3 Å². The van der Waals surface area contributed by atoms with Crippen molar-refractivity contribution < 1.29 is 0 Å². The molecule has 3 nitrogen and oxygen atoms in total. The summed E-state index contributed by atoms with van der Waals surface area (Å²) in [6, 6.07) is 0. The van der Waals surface area contributed by atoms with Gasteiger partial charge in [0, 0.05) is 33.0 Å². The maximum Gasteiger partial charge on any atom is 0.104 e. The fourth-order valence-corrected chi connectivity index (χ4v) is 1.14. The fraction of sp³-hybridized carbons (Fsp3) is 0.750. The van der Waals surface area contributed by atoms with Crippen molar-refractivity contribution in [1.29, 1.82) is 0 Å². The minimum absolute atomic E-state index is 1.00. The van der Waals surface area contributed by atoms with E-state index in [9.17, 15) is 0 Å². The van der Waals surface area contributed by atoms with Crippen LogP contribution in [0.5, 0.6) is 0 Å². The van der Waals surface area contributed by atoms with E-state index in [-0.39, 0.29) is 0 Å². The van der Waals surface area contributed by atoms with E-state index >= 15 is 0 Å². The second-order valence-corrected chi connectivity index (χ2v) is 3.04. The van der Waals surface area contributed by atoms with Gasteiger partial charge in [0.05, 0.1) is 0 Å². The largest absolute Gasteiger partial charge is 0.357 e. The first-order chi connectivity index (χ1) is 5.24. The first-order valence-corrected chi connectivity index (χ1v) is 4.10. The molecule has 0 amide bonds. The standard InChI is InChI=1S/C8H17N3/c1-4-5-10-6-7-11(8-10)9(2)3/h6-7H,4-5,8H2,1-3H3. The summed E-state index contributed by atoms with van der Waals surface area (Å²) in [4.78, 5) is 2.31. The highest BCUT2D eigenvalue weighted by Gasteiger charge is 2.11. The lowest BCUT2D eigenvalue weighted by atomic mass is 10.4. The molecule has 0 N–H and O–H groups in total. The summed E-state index contributed by atoms with van der Waals surface area (Å²) in [6.07, 6.45) is 5.46. The highest BCUT2D eigenvalue weighted by atomic mass is 15.6. The minimum Gasteiger partial charge on any atom is -0.357 e. The molecule has 0 fully saturated rings. The maximum atomic E-state index is 2.31. The Morgan fingerprint density at radius 3 is 2.55 bits per heavy atom. The molecular weight excluding hydrogens is 138 g/mol. The SMILES string of the molecule is CCCN1C=CN(N(C)C)C1. The first-order valence-electron chi connectivity index (χ1n) is 4.10. The maximum absolute atomic E-state index is 2.31. The van der Waals surface area contributed by atoms with Gasteiger partial charge in [-0.2, -0.15) is 0 Å². The van der Waals surface area contributed by atoms with Crippen LogP contribution in [0.2, 0.25) is 0 Å². The highest BCUT2D eigenvalue weighted by molar-refractivity contribution is 4.88. The second-order valence-electron chi connectivity index (χ2n) is 3.04.